The van der Waals surface area contributed by atoms with Gasteiger partial charge in [-0.1, -0.05) is 106 Å². The van der Waals surface area contributed by atoms with Gasteiger partial charge in [0.1, 0.15) is 17.3 Å². The van der Waals surface area contributed by atoms with E-state index in [0.717, 1.165) is 56.1 Å². The van der Waals surface area contributed by atoms with Gasteiger partial charge in [0, 0.05) is 69.7 Å². The van der Waals surface area contributed by atoms with Crippen LogP contribution in [0.2, 0.25) is 0 Å². The highest BCUT2D eigenvalue weighted by Gasteiger charge is 2.28. The largest absolute Gasteiger partial charge is 0.458 e. The van der Waals surface area contributed by atoms with E-state index in [9.17, 15) is 0 Å². The van der Waals surface area contributed by atoms with Crippen LogP contribution in [0.25, 0.3) is 93.6 Å². The predicted octanol–water partition coefficient (Wildman–Crippen LogP) is 12.6. The standard InChI is InChI=1S/C54H42N6O/c1-54(2,3)34-28-29-55-47(30-34)60-46-32-38(61-37-19-15-18-36(31-37)59-33-58(35-16-7-6-8-17-35)44-24-13-14-25-45(44)59)26-27-41(46)49-48-39-20-9-11-22-42(39)56(4)51(48)50-40-21-10-12-23-43(40)57(5)52(50)53(49)60/h6-32H,1-5H3. The Labute approximate surface area is 352 Å². The summed E-state index contributed by atoms with van der Waals surface area (Å²) in [5.74, 6) is 2.35. The maximum Gasteiger partial charge on any atom is 0.269 e. The van der Waals surface area contributed by atoms with Crippen LogP contribution in [-0.4, -0.2) is 23.3 Å². The summed E-state index contributed by atoms with van der Waals surface area (Å²) in [5, 5.41) is 7.31. The first-order chi connectivity index (χ1) is 29.7. The van der Waals surface area contributed by atoms with Crippen molar-refractivity contribution in [3.8, 4) is 28.7 Å². The fourth-order valence-electron chi connectivity index (χ4n) is 9.75. The predicted molar refractivity (Wildman–Crippen MR) is 249 cm³/mol. The molecule has 0 saturated heterocycles. The second kappa shape index (κ2) is 12.9. The van der Waals surface area contributed by atoms with Crippen LogP contribution in [-0.2, 0) is 19.5 Å². The molecule has 5 heterocycles. The van der Waals surface area contributed by atoms with Crippen LogP contribution in [0.1, 0.15) is 26.3 Å². The Balaban J connectivity index is 1.12. The molecule has 5 aromatic heterocycles. The molecule has 7 nitrogen and oxygen atoms in total. The first-order valence-electron chi connectivity index (χ1n) is 20.8. The van der Waals surface area contributed by atoms with Crippen LogP contribution in [0.4, 0.5) is 0 Å². The zero-order valence-corrected chi connectivity index (χ0v) is 34.7. The van der Waals surface area contributed by atoms with Crippen molar-refractivity contribution in [3.05, 3.63) is 176 Å². The molecule has 12 aromatic rings. The third kappa shape index (κ3) is 5.16. The van der Waals surface area contributed by atoms with Gasteiger partial charge < -0.3 is 13.9 Å². The summed E-state index contributed by atoms with van der Waals surface area (Å²) in [4.78, 5) is 5.14. The van der Waals surface area contributed by atoms with Crippen LogP contribution >= 0.6 is 0 Å². The molecule has 7 aromatic carbocycles. The Morgan fingerprint density at radius 2 is 1.18 bits per heavy atom. The summed E-state index contributed by atoms with van der Waals surface area (Å²) in [6.07, 6.45) is 5.57. The second-order valence-electron chi connectivity index (χ2n) is 17.2. The number of ether oxygens (including phenoxy) is 1. The molecule has 0 saturated carbocycles. The number of aryl methyl sites for hydroxylation is 2. The number of hydrogen-bond donors (Lipinski definition) is 0. The van der Waals surface area contributed by atoms with E-state index in [0.29, 0.717) is 0 Å². The van der Waals surface area contributed by atoms with E-state index in [1.54, 1.807) is 0 Å². The molecule has 0 N–H and O–H groups in total. The SMILES string of the molecule is Cn1c2ccccc2c2c3c4ccc(Oc5cccc(-[n+]6[c-]n(-c7ccccc7)c7ccccc76)c5)cc4n(-c4cc(C(C)(C)C)ccn4)c3c3c(c4ccccc4n3C)c21. The van der Waals surface area contributed by atoms with Crippen molar-refractivity contribution in [1.82, 2.24) is 23.3 Å². The van der Waals surface area contributed by atoms with Crippen molar-refractivity contribution in [2.75, 3.05) is 0 Å². The number of para-hydroxylation sites is 5. The lowest BCUT2D eigenvalue weighted by atomic mass is 9.88. The van der Waals surface area contributed by atoms with E-state index in [-0.39, 0.29) is 5.41 Å². The van der Waals surface area contributed by atoms with Gasteiger partial charge in [-0.3, -0.25) is 13.7 Å². The molecular formula is C54H42N6O. The van der Waals surface area contributed by atoms with E-state index in [1.807, 2.05) is 24.4 Å². The normalized spacial score (nSPS) is 12.3. The average molecular weight is 791 g/mol. The third-order valence-electron chi connectivity index (χ3n) is 12.6. The number of hydrogen-bond acceptors (Lipinski definition) is 2. The van der Waals surface area contributed by atoms with E-state index in [1.165, 1.54) is 54.6 Å². The lowest BCUT2D eigenvalue weighted by Crippen LogP contribution is -2.29. The molecule has 0 bridgehead atoms. The van der Waals surface area contributed by atoms with Crippen LogP contribution in [0.15, 0.2) is 164 Å². The Kier molecular flexibility index (Phi) is 7.49. The molecule has 61 heavy (non-hydrogen) atoms. The van der Waals surface area contributed by atoms with Gasteiger partial charge in [-0.2, -0.15) is 0 Å². The quantitative estimate of drug-likeness (QED) is 0.129. The Bertz CT molecular complexity index is 3740. The van der Waals surface area contributed by atoms with Gasteiger partial charge in [0.15, 0.2) is 0 Å². The smallest absolute Gasteiger partial charge is 0.269 e. The maximum absolute atomic E-state index is 6.86. The molecule has 0 fully saturated rings. The summed E-state index contributed by atoms with van der Waals surface area (Å²) in [6, 6.07) is 55.6. The van der Waals surface area contributed by atoms with Gasteiger partial charge in [-0.25, -0.2) is 4.98 Å². The van der Waals surface area contributed by atoms with Crippen LogP contribution < -0.4 is 9.30 Å². The Morgan fingerprint density at radius 1 is 0.541 bits per heavy atom. The zero-order valence-electron chi connectivity index (χ0n) is 34.7. The third-order valence-corrected chi connectivity index (χ3v) is 12.6. The van der Waals surface area contributed by atoms with E-state index in [2.05, 4.69) is 204 Å². The molecule has 7 heteroatoms. The van der Waals surface area contributed by atoms with Crippen LogP contribution in [0, 0.1) is 6.33 Å². The molecule has 0 spiro atoms. The van der Waals surface area contributed by atoms with Crippen molar-refractivity contribution in [2.24, 2.45) is 14.1 Å². The molecule has 12 rings (SSSR count). The number of pyridine rings is 1. The number of benzene rings is 7. The fraction of sp³-hybridized carbons (Fsp3) is 0.111. The van der Waals surface area contributed by atoms with Crippen molar-refractivity contribution in [1.29, 1.82) is 0 Å². The first-order valence-corrected chi connectivity index (χ1v) is 20.8. The van der Waals surface area contributed by atoms with Gasteiger partial charge in [0.25, 0.3) is 6.33 Å². The highest BCUT2D eigenvalue weighted by molar-refractivity contribution is 6.40. The number of imidazole rings is 1. The molecule has 0 aliphatic heterocycles. The molecule has 0 aliphatic carbocycles. The summed E-state index contributed by atoms with van der Waals surface area (Å²) in [5.41, 5.74) is 12.2. The Morgan fingerprint density at radius 3 is 1.95 bits per heavy atom. The molecule has 0 radical (unpaired) electrons. The summed E-state index contributed by atoms with van der Waals surface area (Å²) < 4.78 is 18.2. The molecule has 0 aliphatic rings. The van der Waals surface area contributed by atoms with E-state index >= 15 is 0 Å². The first kappa shape index (κ1) is 35.3. The Hall–Kier alpha value is -7.64. The van der Waals surface area contributed by atoms with E-state index < -0.39 is 0 Å². The maximum atomic E-state index is 6.86. The number of fused-ring (bicyclic) bond motifs is 13. The lowest BCUT2D eigenvalue weighted by Gasteiger charge is -2.20. The van der Waals surface area contributed by atoms with Crippen molar-refractivity contribution >= 4 is 76.5 Å². The summed E-state index contributed by atoms with van der Waals surface area (Å²) >= 11 is 0. The second-order valence-corrected chi connectivity index (χ2v) is 17.2. The molecule has 0 unspecified atom stereocenters. The molecule has 294 valence electrons. The van der Waals surface area contributed by atoms with Crippen molar-refractivity contribution < 1.29 is 9.30 Å². The fourth-order valence-corrected chi connectivity index (χ4v) is 9.75. The average Bonchev–Trinajstić information content (AvgIpc) is 4.01. The number of nitrogens with zero attached hydrogens (tertiary/aromatic N) is 6. The zero-order chi connectivity index (χ0) is 41.1. The molecular weight excluding hydrogens is 749 g/mol. The monoisotopic (exact) mass is 790 g/mol. The minimum absolute atomic E-state index is 0.0730. The van der Waals surface area contributed by atoms with Gasteiger partial charge >= 0.3 is 0 Å². The number of rotatable bonds is 5. The molecule has 0 atom stereocenters. The summed E-state index contributed by atoms with van der Waals surface area (Å²) in [7, 11) is 4.41. The number of aromatic nitrogens is 6. The van der Waals surface area contributed by atoms with Crippen molar-refractivity contribution in [3.63, 3.8) is 0 Å². The topological polar surface area (TPSA) is 45.7 Å². The van der Waals surface area contributed by atoms with Crippen LogP contribution in [0.5, 0.6) is 11.5 Å². The highest BCUT2D eigenvalue weighted by Crippen LogP contribution is 2.49. The van der Waals surface area contributed by atoms with Gasteiger partial charge in [-0.05, 0) is 77.7 Å². The van der Waals surface area contributed by atoms with E-state index in [4.69, 9.17) is 9.72 Å². The molecule has 0 amide bonds. The van der Waals surface area contributed by atoms with Gasteiger partial charge in [0.05, 0.1) is 44.5 Å². The highest BCUT2D eigenvalue weighted by atomic mass is 16.5. The minimum atomic E-state index is -0.0730. The van der Waals surface area contributed by atoms with Crippen LogP contribution in [0.3, 0.4) is 0 Å². The lowest BCUT2D eigenvalue weighted by molar-refractivity contribution is -0.572. The van der Waals surface area contributed by atoms with Gasteiger partial charge in [-0.15, -0.1) is 0 Å². The summed E-state index contributed by atoms with van der Waals surface area (Å²) in [6.45, 7) is 6.78. The van der Waals surface area contributed by atoms with Gasteiger partial charge in [0.2, 0.25) is 0 Å². The van der Waals surface area contributed by atoms with Crippen molar-refractivity contribution in [2.45, 2.75) is 26.2 Å². The minimum Gasteiger partial charge on any atom is -0.458 e.